The minimum Gasteiger partial charge on any atom is -0.361 e. The average Bonchev–Trinajstić information content (AvgIpc) is 2.68. The number of aromatic nitrogens is 2. The lowest BCUT2D eigenvalue weighted by atomic mass is 10.2. The molecular formula is C22H19ClN4O3. The van der Waals surface area contributed by atoms with E-state index in [-0.39, 0.29) is 17.2 Å². The molecule has 0 unspecified atom stereocenters. The summed E-state index contributed by atoms with van der Waals surface area (Å²) in [7, 11) is 0. The fourth-order valence-corrected chi connectivity index (χ4v) is 3.07. The highest BCUT2D eigenvalue weighted by Crippen LogP contribution is 2.23. The molecule has 0 radical (unpaired) electrons. The molecule has 2 aromatic heterocycles. The summed E-state index contributed by atoms with van der Waals surface area (Å²) in [6, 6.07) is 13.8. The lowest BCUT2D eigenvalue weighted by molar-refractivity contribution is -0.115. The lowest BCUT2D eigenvalue weighted by Crippen LogP contribution is -2.06. The number of rotatable bonds is 2. The van der Waals surface area contributed by atoms with Crippen LogP contribution in [0.25, 0.3) is 21.8 Å². The van der Waals surface area contributed by atoms with Crippen molar-refractivity contribution in [1.29, 1.82) is 0 Å². The van der Waals surface area contributed by atoms with Crippen LogP contribution in [-0.2, 0) is 9.59 Å². The third kappa shape index (κ3) is 5.21. The van der Waals surface area contributed by atoms with E-state index in [9.17, 15) is 14.4 Å². The summed E-state index contributed by atoms with van der Waals surface area (Å²) in [6.07, 6.45) is 3.23. The van der Waals surface area contributed by atoms with E-state index in [4.69, 9.17) is 11.6 Å². The zero-order valence-electron chi connectivity index (χ0n) is 16.3. The maximum absolute atomic E-state index is 11.4. The quantitative estimate of drug-likeness (QED) is 0.447. The van der Waals surface area contributed by atoms with Crippen LogP contribution in [0.5, 0.6) is 0 Å². The van der Waals surface area contributed by atoms with Crippen molar-refractivity contribution in [3.8, 4) is 0 Å². The van der Waals surface area contributed by atoms with Crippen LogP contribution in [0.2, 0.25) is 5.02 Å². The number of carbonyl (C=O) groups is 2. The van der Waals surface area contributed by atoms with Crippen LogP contribution >= 0.6 is 11.6 Å². The predicted molar refractivity (Wildman–Crippen MR) is 120 cm³/mol. The van der Waals surface area contributed by atoms with E-state index in [1.807, 2.05) is 6.07 Å². The standard InChI is InChI=1S/C11H9ClN2O.C11H10N2O2/c1-7(15)14-8-2-3-9-10(12)4-5-13-11(9)6-8;1-7(14)13-8-2-3-9-10(6-8)12-5-4-11(9)15/h2-6H,1H3,(H,14,15);2-6H,1H3,(H,12,15)(H,13,14). The summed E-state index contributed by atoms with van der Waals surface area (Å²) in [6.45, 7) is 2.91. The van der Waals surface area contributed by atoms with E-state index in [1.165, 1.54) is 19.9 Å². The molecule has 0 aliphatic carbocycles. The second-order valence-electron chi connectivity index (χ2n) is 6.49. The molecule has 0 fully saturated rings. The Kier molecular flexibility index (Phi) is 6.44. The van der Waals surface area contributed by atoms with Crippen molar-refractivity contribution in [3.63, 3.8) is 0 Å². The average molecular weight is 423 g/mol. The monoisotopic (exact) mass is 422 g/mol. The molecule has 0 bridgehead atoms. The number of carbonyl (C=O) groups excluding carboxylic acids is 2. The van der Waals surface area contributed by atoms with Gasteiger partial charge in [0, 0.05) is 54.5 Å². The topological polar surface area (TPSA) is 104 Å². The second kappa shape index (κ2) is 9.19. The summed E-state index contributed by atoms with van der Waals surface area (Å²) in [4.78, 5) is 40.2. The third-order valence-corrected chi connectivity index (χ3v) is 4.42. The number of aromatic amines is 1. The van der Waals surface area contributed by atoms with Gasteiger partial charge >= 0.3 is 0 Å². The first-order valence-electron chi connectivity index (χ1n) is 9.04. The normalized spacial score (nSPS) is 10.2. The Morgan fingerprint density at radius 1 is 0.900 bits per heavy atom. The van der Waals surface area contributed by atoms with Crippen LogP contribution in [0.4, 0.5) is 11.4 Å². The number of H-pyrrole nitrogens is 1. The van der Waals surface area contributed by atoms with Crippen molar-refractivity contribution in [3.05, 3.63) is 76.2 Å². The van der Waals surface area contributed by atoms with Crippen LogP contribution < -0.4 is 16.1 Å². The van der Waals surface area contributed by atoms with E-state index >= 15 is 0 Å². The summed E-state index contributed by atoms with van der Waals surface area (Å²) < 4.78 is 0. The van der Waals surface area contributed by atoms with E-state index in [2.05, 4.69) is 20.6 Å². The van der Waals surface area contributed by atoms with Gasteiger partial charge in [-0.25, -0.2) is 0 Å². The number of anilines is 2. The summed E-state index contributed by atoms with van der Waals surface area (Å²) in [5.74, 6) is -0.232. The van der Waals surface area contributed by atoms with Gasteiger partial charge in [-0.1, -0.05) is 11.6 Å². The Hall–Kier alpha value is -3.71. The van der Waals surface area contributed by atoms with Gasteiger partial charge in [0.25, 0.3) is 0 Å². The van der Waals surface area contributed by atoms with Crippen LogP contribution in [0.3, 0.4) is 0 Å². The van der Waals surface area contributed by atoms with Crippen molar-refractivity contribution in [2.24, 2.45) is 0 Å². The molecular weight excluding hydrogens is 404 g/mol. The maximum atomic E-state index is 11.4. The molecule has 0 aliphatic heterocycles. The molecule has 2 heterocycles. The number of benzene rings is 2. The molecule has 7 nitrogen and oxygen atoms in total. The summed E-state index contributed by atoms with van der Waals surface area (Å²) in [5, 5.41) is 7.51. The number of nitrogens with zero attached hydrogens (tertiary/aromatic N) is 1. The zero-order valence-corrected chi connectivity index (χ0v) is 17.1. The SMILES string of the molecule is CC(=O)Nc1ccc2c(=O)cc[nH]c2c1.CC(=O)Nc1ccc2c(Cl)ccnc2c1. The largest absolute Gasteiger partial charge is 0.361 e. The van der Waals surface area contributed by atoms with Crippen molar-refractivity contribution in [1.82, 2.24) is 9.97 Å². The highest BCUT2D eigenvalue weighted by Gasteiger charge is 2.02. The Labute approximate surface area is 177 Å². The van der Waals surface area contributed by atoms with Gasteiger partial charge in [-0.15, -0.1) is 0 Å². The molecule has 0 spiro atoms. The first-order chi connectivity index (χ1) is 14.3. The number of hydrogen-bond donors (Lipinski definition) is 3. The van der Waals surface area contributed by atoms with Crippen LogP contribution in [-0.4, -0.2) is 21.8 Å². The molecule has 4 aromatic rings. The molecule has 0 atom stereocenters. The lowest BCUT2D eigenvalue weighted by Gasteiger charge is -2.04. The molecule has 2 aromatic carbocycles. The number of fused-ring (bicyclic) bond motifs is 2. The number of halogens is 1. The van der Waals surface area contributed by atoms with Gasteiger partial charge in [-0.05, 0) is 42.5 Å². The van der Waals surface area contributed by atoms with Gasteiger partial charge in [0.15, 0.2) is 5.43 Å². The fourth-order valence-electron chi connectivity index (χ4n) is 2.85. The van der Waals surface area contributed by atoms with Crippen LogP contribution in [0, 0.1) is 0 Å². The van der Waals surface area contributed by atoms with Gasteiger partial charge in [-0.3, -0.25) is 19.4 Å². The minimum atomic E-state index is -0.132. The maximum Gasteiger partial charge on any atom is 0.221 e. The van der Waals surface area contributed by atoms with E-state index < -0.39 is 0 Å². The number of pyridine rings is 2. The van der Waals surface area contributed by atoms with E-state index in [0.717, 1.165) is 16.6 Å². The van der Waals surface area contributed by atoms with Gasteiger partial charge in [0.2, 0.25) is 11.8 Å². The van der Waals surface area contributed by atoms with Gasteiger partial charge in [0.1, 0.15) is 0 Å². The Balaban J connectivity index is 0.000000171. The Morgan fingerprint density at radius 2 is 1.53 bits per heavy atom. The molecule has 30 heavy (non-hydrogen) atoms. The van der Waals surface area contributed by atoms with E-state index in [0.29, 0.717) is 21.6 Å². The molecule has 0 saturated carbocycles. The smallest absolute Gasteiger partial charge is 0.221 e. The molecule has 0 saturated heterocycles. The van der Waals surface area contributed by atoms with Crippen LogP contribution in [0.15, 0.2) is 65.7 Å². The fraction of sp³-hybridized carbons (Fsp3) is 0.0909. The first-order valence-corrected chi connectivity index (χ1v) is 9.42. The zero-order chi connectivity index (χ0) is 21.7. The molecule has 0 aliphatic rings. The summed E-state index contributed by atoms with van der Waals surface area (Å²) in [5.41, 5.74) is 2.86. The molecule has 4 rings (SSSR count). The highest BCUT2D eigenvalue weighted by molar-refractivity contribution is 6.35. The number of hydrogen-bond acceptors (Lipinski definition) is 4. The van der Waals surface area contributed by atoms with Gasteiger partial charge in [0.05, 0.1) is 16.1 Å². The van der Waals surface area contributed by atoms with Crippen molar-refractivity contribution < 1.29 is 9.59 Å². The molecule has 8 heteroatoms. The van der Waals surface area contributed by atoms with E-state index in [1.54, 1.807) is 48.8 Å². The predicted octanol–water partition coefficient (Wildman–Crippen LogP) is 4.33. The van der Waals surface area contributed by atoms with Gasteiger partial charge in [-0.2, -0.15) is 0 Å². The molecule has 2 amide bonds. The first kappa shape index (κ1) is 21.0. The van der Waals surface area contributed by atoms with Gasteiger partial charge < -0.3 is 15.6 Å². The number of amides is 2. The van der Waals surface area contributed by atoms with Crippen molar-refractivity contribution >= 4 is 56.6 Å². The number of nitrogens with one attached hydrogen (secondary N) is 3. The Morgan fingerprint density at radius 3 is 2.20 bits per heavy atom. The van der Waals surface area contributed by atoms with Crippen molar-refractivity contribution in [2.75, 3.05) is 10.6 Å². The minimum absolute atomic E-state index is 0.0295. The molecule has 3 N–H and O–H groups in total. The van der Waals surface area contributed by atoms with Crippen molar-refractivity contribution in [2.45, 2.75) is 13.8 Å². The second-order valence-corrected chi connectivity index (χ2v) is 6.90. The highest BCUT2D eigenvalue weighted by atomic mass is 35.5. The van der Waals surface area contributed by atoms with Crippen LogP contribution in [0.1, 0.15) is 13.8 Å². The third-order valence-electron chi connectivity index (χ3n) is 4.09. The summed E-state index contributed by atoms with van der Waals surface area (Å²) >= 11 is 5.99. The molecule has 152 valence electrons. The Bertz CT molecular complexity index is 1300.